The van der Waals surface area contributed by atoms with Crippen LogP contribution in [0.2, 0.25) is 0 Å². The second-order valence-electron chi connectivity index (χ2n) is 8.39. The lowest BCUT2D eigenvalue weighted by Crippen LogP contribution is -2.43. The first-order valence-electron chi connectivity index (χ1n) is 11.2. The topological polar surface area (TPSA) is 106 Å². The average Bonchev–Trinajstić information content (AvgIpc) is 3.21. The van der Waals surface area contributed by atoms with Gasteiger partial charge in [0.2, 0.25) is 5.91 Å². The summed E-state index contributed by atoms with van der Waals surface area (Å²) >= 11 is 0. The van der Waals surface area contributed by atoms with E-state index >= 15 is 0 Å². The molecule has 0 saturated carbocycles. The van der Waals surface area contributed by atoms with Crippen LogP contribution in [0, 0.1) is 12.8 Å². The predicted molar refractivity (Wildman–Crippen MR) is 126 cm³/mol. The number of hydrogen-bond donors (Lipinski definition) is 1. The molecule has 180 valence electrons. The van der Waals surface area contributed by atoms with Gasteiger partial charge in [-0.15, -0.1) is 0 Å². The molecule has 4 rings (SSSR count). The Morgan fingerprint density at radius 3 is 2.50 bits per heavy atom. The van der Waals surface area contributed by atoms with Gasteiger partial charge in [-0.25, -0.2) is 13.4 Å². The van der Waals surface area contributed by atoms with Crippen molar-refractivity contribution in [1.82, 2.24) is 24.2 Å². The van der Waals surface area contributed by atoms with Crippen LogP contribution in [0.5, 0.6) is 5.75 Å². The van der Waals surface area contributed by atoms with Gasteiger partial charge in [-0.1, -0.05) is 18.2 Å². The Bertz CT molecular complexity index is 1200. The number of aryl methyl sites for hydroxylation is 2. The van der Waals surface area contributed by atoms with Crippen LogP contribution >= 0.6 is 0 Å². The van der Waals surface area contributed by atoms with Gasteiger partial charge in [0.25, 0.3) is 10.0 Å². The molecule has 2 aromatic heterocycles. The van der Waals surface area contributed by atoms with E-state index in [1.165, 1.54) is 10.5 Å². The molecule has 0 radical (unpaired) electrons. The van der Waals surface area contributed by atoms with Crippen LogP contribution < -0.4 is 10.1 Å². The van der Waals surface area contributed by atoms with E-state index in [1.807, 2.05) is 42.5 Å². The number of ether oxygens (including phenoxy) is 1. The number of carbonyl (C=O) groups excluding carboxylic acids is 1. The standard InChI is InChI=1S/C24H29N5O4S/c1-18-27-23(16-28(18)2)34(31,32)29-13-10-20(11-14-29)24(30)26-15-19-6-8-22(9-7-19)33-17-21-5-3-4-12-25-21/h3-9,12,16,20H,10-11,13-15,17H2,1-2H3,(H,26,30). The number of hydrogen-bond acceptors (Lipinski definition) is 6. The van der Waals surface area contributed by atoms with E-state index in [4.69, 9.17) is 4.74 Å². The smallest absolute Gasteiger partial charge is 0.262 e. The van der Waals surface area contributed by atoms with Crippen LogP contribution in [-0.2, 0) is 35.0 Å². The molecule has 1 fully saturated rings. The second kappa shape index (κ2) is 10.4. The number of rotatable bonds is 8. The Labute approximate surface area is 199 Å². The van der Waals surface area contributed by atoms with Crippen molar-refractivity contribution in [2.24, 2.45) is 13.0 Å². The third kappa shape index (κ3) is 5.63. The molecule has 3 aromatic rings. The largest absolute Gasteiger partial charge is 0.487 e. The van der Waals surface area contributed by atoms with Gasteiger partial charge in [-0.3, -0.25) is 9.78 Å². The summed E-state index contributed by atoms with van der Waals surface area (Å²) in [5.41, 5.74) is 1.82. The molecule has 1 N–H and O–H groups in total. The lowest BCUT2D eigenvalue weighted by molar-refractivity contribution is -0.126. The van der Waals surface area contributed by atoms with Crippen LogP contribution in [0.25, 0.3) is 0 Å². The van der Waals surface area contributed by atoms with E-state index in [9.17, 15) is 13.2 Å². The van der Waals surface area contributed by atoms with Gasteiger partial charge in [-0.05, 0) is 49.6 Å². The number of pyridine rings is 1. The second-order valence-corrected chi connectivity index (χ2v) is 10.3. The number of imidazole rings is 1. The molecule has 9 nitrogen and oxygen atoms in total. The molecule has 1 saturated heterocycles. The lowest BCUT2D eigenvalue weighted by Gasteiger charge is -2.29. The van der Waals surface area contributed by atoms with Gasteiger partial charge >= 0.3 is 0 Å². The molecule has 1 aromatic carbocycles. The summed E-state index contributed by atoms with van der Waals surface area (Å²) in [6.45, 7) is 3.17. The van der Waals surface area contributed by atoms with E-state index in [1.54, 1.807) is 24.7 Å². The van der Waals surface area contributed by atoms with E-state index < -0.39 is 10.0 Å². The summed E-state index contributed by atoms with van der Waals surface area (Å²) in [5, 5.41) is 3.03. The molecule has 0 spiro atoms. The van der Waals surface area contributed by atoms with Gasteiger partial charge in [0.15, 0.2) is 5.03 Å². The predicted octanol–water partition coefficient (Wildman–Crippen LogP) is 2.42. The fourth-order valence-electron chi connectivity index (χ4n) is 3.82. The van der Waals surface area contributed by atoms with Gasteiger partial charge in [0.05, 0.1) is 5.69 Å². The Morgan fingerprint density at radius 1 is 1.15 bits per heavy atom. The first-order valence-corrected chi connectivity index (χ1v) is 12.7. The molecule has 1 aliphatic heterocycles. The van der Waals surface area contributed by atoms with Crippen molar-refractivity contribution in [2.45, 2.75) is 37.9 Å². The monoisotopic (exact) mass is 483 g/mol. The van der Waals surface area contributed by atoms with Crippen molar-refractivity contribution in [3.63, 3.8) is 0 Å². The number of aromatic nitrogens is 3. The van der Waals surface area contributed by atoms with Gasteiger partial charge < -0.3 is 14.6 Å². The van der Waals surface area contributed by atoms with Crippen molar-refractivity contribution in [3.05, 3.63) is 71.9 Å². The molecule has 0 unspecified atom stereocenters. The Hall–Kier alpha value is -3.24. The highest BCUT2D eigenvalue weighted by atomic mass is 32.2. The molecule has 3 heterocycles. The van der Waals surface area contributed by atoms with Crippen LogP contribution in [0.4, 0.5) is 0 Å². The van der Waals surface area contributed by atoms with Crippen molar-refractivity contribution >= 4 is 15.9 Å². The molecule has 0 atom stereocenters. The minimum Gasteiger partial charge on any atom is -0.487 e. The number of amides is 1. The molecule has 34 heavy (non-hydrogen) atoms. The summed E-state index contributed by atoms with van der Waals surface area (Å²) in [6.07, 6.45) is 4.22. The summed E-state index contributed by atoms with van der Waals surface area (Å²) < 4.78 is 34.5. The van der Waals surface area contributed by atoms with Crippen LogP contribution in [0.1, 0.15) is 29.9 Å². The summed E-state index contributed by atoms with van der Waals surface area (Å²) in [6, 6.07) is 13.3. The number of nitrogens with zero attached hydrogens (tertiary/aromatic N) is 4. The molecular formula is C24H29N5O4S. The zero-order chi connectivity index (χ0) is 24.1. The Balaban J connectivity index is 1.23. The Kier molecular flexibility index (Phi) is 7.28. The lowest BCUT2D eigenvalue weighted by atomic mass is 9.97. The molecule has 1 amide bonds. The number of benzene rings is 1. The molecular weight excluding hydrogens is 454 g/mol. The van der Waals surface area contributed by atoms with Crippen LogP contribution in [0.3, 0.4) is 0 Å². The third-order valence-electron chi connectivity index (χ3n) is 6.02. The number of sulfonamides is 1. The average molecular weight is 484 g/mol. The van der Waals surface area contributed by atoms with Crippen LogP contribution in [0.15, 0.2) is 59.9 Å². The fourth-order valence-corrected chi connectivity index (χ4v) is 5.31. The van der Waals surface area contributed by atoms with Gasteiger partial charge in [-0.2, -0.15) is 4.31 Å². The maximum atomic E-state index is 12.8. The van der Waals surface area contributed by atoms with E-state index in [2.05, 4.69) is 15.3 Å². The zero-order valence-electron chi connectivity index (χ0n) is 19.3. The SMILES string of the molecule is Cc1nc(S(=O)(=O)N2CCC(C(=O)NCc3ccc(OCc4ccccn4)cc3)CC2)cn1C. The van der Waals surface area contributed by atoms with E-state index in [-0.39, 0.29) is 16.9 Å². The first kappa shape index (κ1) is 23.9. The first-order chi connectivity index (χ1) is 16.3. The minimum absolute atomic E-state index is 0.0544. The summed E-state index contributed by atoms with van der Waals surface area (Å²) in [7, 11) is -1.88. The summed E-state index contributed by atoms with van der Waals surface area (Å²) in [5.74, 6) is 1.11. The quantitative estimate of drug-likeness (QED) is 0.527. The number of carbonyl (C=O) groups is 1. The maximum Gasteiger partial charge on any atom is 0.262 e. The highest BCUT2D eigenvalue weighted by molar-refractivity contribution is 7.89. The number of piperidine rings is 1. The molecule has 0 aliphatic carbocycles. The summed E-state index contributed by atoms with van der Waals surface area (Å²) in [4.78, 5) is 21.0. The zero-order valence-corrected chi connectivity index (χ0v) is 20.2. The maximum absolute atomic E-state index is 12.8. The third-order valence-corrected chi connectivity index (χ3v) is 7.79. The molecule has 1 aliphatic rings. The Morgan fingerprint density at radius 2 is 1.88 bits per heavy atom. The minimum atomic E-state index is -3.64. The highest BCUT2D eigenvalue weighted by Crippen LogP contribution is 2.24. The molecule has 0 bridgehead atoms. The van der Waals surface area contributed by atoms with Gasteiger partial charge in [0.1, 0.15) is 18.2 Å². The normalized spacial score (nSPS) is 15.2. The van der Waals surface area contributed by atoms with E-state index in [0.717, 1.165) is 17.0 Å². The van der Waals surface area contributed by atoms with Crippen LogP contribution in [-0.4, -0.2) is 46.3 Å². The van der Waals surface area contributed by atoms with E-state index in [0.29, 0.717) is 44.9 Å². The van der Waals surface area contributed by atoms with Crippen molar-refractivity contribution in [1.29, 1.82) is 0 Å². The van der Waals surface area contributed by atoms with Crippen molar-refractivity contribution in [3.8, 4) is 5.75 Å². The number of nitrogens with one attached hydrogen (secondary N) is 1. The highest BCUT2D eigenvalue weighted by Gasteiger charge is 2.33. The van der Waals surface area contributed by atoms with Crippen molar-refractivity contribution < 1.29 is 17.9 Å². The van der Waals surface area contributed by atoms with Gasteiger partial charge in [0, 0.05) is 45.0 Å². The fraction of sp³-hybridized carbons (Fsp3) is 0.375. The molecule has 10 heteroatoms. The van der Waals surface area contributed by atoms with Crippen molar-refractivity contribution in [2.75, 3.05) is 13.1 Å².